The first-order valence-electron chi connectivity index (χ1n) is 7.40. The van der Waals surface area contributed by atoms with Crippen LogP contribution in [0, 0.1) is 6.92 Å². The number of hydrogen-bond acceptors (Lipinski definition) is 4. The second-order valence-electron chi connectivity index (χ2n) is 5.55. The first kappa shape index (κ1) is 14.6. The van der Waals surface area contributed by atoms with Gasteiger partial charge in [0.25, 0.3) is 11.8 Å². The molecule has 0 bridgehead atoms. The normalized spacial score (nSPS) is 19.4. The summed E-state index contributed by atoms with van der Waals surface area (Å²) in [5.74, 6) is -1.25. The molecule has 0 aliphatic carbocycles. The van der Waals surface area contributed by atoms with E-state index in [4.69, 9.17) is 4.74 Å². The second kappa shape index (κ2) is 4.83. The van der Waals surface area contributed by atoms with Gasteiger partial charge < -0.3 is 4.74 Å². The fourth-order valence-electron chi connectivity index (χ4n) is 3.08. The van der Waals surface area contributed by atoms with Crippen molar-refractivity contribution in [3.63, 3.8) is 0 Å². The van der Waals surface area contributed by atoms with Crippen molar-refractivity contribution < 1.29 is 19.1 Å². The molecule has 0 atom stereocenters. The number of carbonyl (C=O) groups is 3. The SMILES string of the molecule is CCOC(=O)C1N2C(=O)C(CC)(c3ccc(C)cc3)C(=O)N12. The van der Waals surface area contributed by atoms with E-state index in [2.05, 4.69) is 0 Å². The molecular weight excluding hydrogens is 284 g/mol. The van der Waals surface area contributed by atoms with E-state index >= 15 is 0 Å². The molecule has 22 heavy (non-hydrogen) atoms. The van der Waals surface area contributed by atoms with Gasteiger partial charge in [0.2, 0.25) is 6.17 Å². The van der Waals surface area contributed by atoms with Crippen molar-refractivity contribution in [2.24, 2.45) is 0 Å². The molecule has 3 rings (SSSR count). The highest BCUT2D eigenvalue weighted by molar-refractivity contribution is 6.20. The Morgan fingerprint density at radius 3 is 2.14 bits per heavy atom. The average molecular weight is 302 g/mol. The van der Waals surface area contributed by atoms with Crippen molar-refractivity contribution in [2.75, 3.05) is 6.61 Å². The Bertz CT molecular complexity index is 631. The van der Waals surface area contributed by atoms with Crippen molar-refractivity contribution in [2.45, 2.75) is 38.8 Å². The molecule has 116 valence electrons. The first-order valence-corrected chi connectivity index (χ1v) is 7.40. The van der Waals surface area contributed by atoms with Crippen LogP contribution < -0.4 is 0 Å². The molecule has 6 heteroatoms. The standard InChI is InChI=1S/C16H18N2O4/c1-4-16(11-8-6-10(3)7-9-11)14(20)17-12(13(19)22-5-2)18(17)15(16)21/h6-9,12H,4-5H2,1-3H3. The lowest BCUT2D eigenvalue weighted by Gasteiger charge is -2.25. The number of benzene rings is 1. The third-order valence-electron chi connectivity index (χ3n) is 4.36. The summed E-state index contributed by atoms with van der Waals surface area (Å²) in [5.41, 5.74) is 0.518. The average Bonchev–Trinajstić information content (AvgIpc) is 3.20. The highest BCUT2D eigenvalue weighted by Crippen LogP contribution is 2.48. The number of hydrogen-bond donors (Lipinski definition) is 0. The predicted molar refractivity (Wildman–Crippen MR) is 77.3 cm³/mol. The van der Waals surface area contributed by atoms with Gasteiger partial charge in [0, 0.05) is 0 Å². The zero-order valence-electron chi connectivity index (χ0n) is 12.8. The number of amides is 2. The van der Waals surface area contributed by atoms with Gasteiger partial charge in [-0.05, 0) is 25.8 Å². The molecule has 6 nitrogen and oxygen atoms in total. The van der Waals surface area contributed by atoms with Gasteiger partial charge in [0.1, 0.15) is 0 Å². The van der Waals surface area contributed by atoms with Crippen LogP contribution in [0.5, 0.6) is 0 Å². The third kappa shape index (κ3) is 1.70. The van der Waals surface area contributed by atoms with Gasteiger partial charge in [-0.15, -0.1) is 0 Å². The van der Waals surface area contributed by atoms with Gasteiger partial charge in [0.05, 0.1) is 6.61 Å². The monoisotopic (exact) mass is 302 g/mol. The Morgan fingerprint density at radius 2 is 1.68 bits per heavy atom. The minimum atomic E-state index is -1.21. The van der Waals surface area contributed by atoms with Crippen molar-refractivity contribution in [1.82, 2.24) is 10.0 Å². The molecule has 1 aromatic carbocycles. The third-order valence-corrected chi connectivity index (χ3v) is 4.36. The Labute approximate surface area is 128 Å². The highest BCUT2D eigenvalue weighted by Gasteiger charge is 2.73. The van der Waals surface area contributed by atoms with E-state index in [1.807, 2.05) is 26.0 Å². The van der Waals surface area contributed by atoms with Crippen LogP contribution in [0.1, 0.15) is 31.4 Å². The first-order chi connectivity index (χ1) is 10.5. The summed E-state index contributed by atoms with van der Waals surface area (Å²) in [6.07, 6.45) is -0.527. The molecule has 2 heterocycles. The van der Waals surface area contributed by atoms with Gasteiger partial charge >= 0.3 is 5.97 Å². The maximum absolute atomic E-state index is 12.8. The van der Waals surface area contributed by atoms with Crippen LogP contribution >= 0.6 is 0 Å². The maximum Gasteiger partial charge on any atom is 0.353 e. The number of esters is 1. The van der Waals surface area contributed by atoms with E-state index in [9.17, 15) is 14.4 Å². The molecular formula is C16H18N2O4. The van der Waals surface area contributed by atoms with E-state index in [1.165, 1.54) is 10.0 Å². The maximum atomic E-state index is 12.8. The number of ether oxygens (including phenoxy) is 1. The minimum Gasteiger partial charge on any atom is -0.463 e. The van der Waals surface area contributed by atoms with Crippen molar-refractivity contribution in [3.05, 3.63) is 35.4 Å². The van der Waals surface area contributed by atoms with E-state index in [0.29, 0.717) is 12.0 Å². The van der Waals surface area contributed by atoms with Crippen LogP contribution in [0.15, 0.2) is 24.3 Å². The number of hydrazine groups is 1. The number of nitrogens with zero attached hydrogens (tertiary/aromatic N) is 2. The molecule has 0 N–H and O–H groups in total. The Hall–Kier alpha value is -2.37. The summed E-state index contributed by atoms with van der Waals surface area (Å²) in [7, 11) is 0. The van der Waals surface area contributed by atoms with Gasteiger partial charge in [-0.2, -0.15) is 0 Å². The fourth-order valence-corrected chi connectivity index (χ4v) is 3.08. The molecule has 2 amide bonds. The van der Waals surface area contributed by atoms with E-state index in [-0.39, 0.29) is 18.4 Å². The predicted octanol–water partition coefficient (Wildman–Crippen LogP) is 1.13. The summed E-state index contributed by atoms with van der Waals surface area (Å²) in [6.45, 7) is 5.66. The van der Waals surface area contributed by atoms with Crippen LogP contribution in [0.25, 0.3) is 0 Å². The molecule has 0 aromatic heterocycles. The van der Waals surface area contributed by atoms with Gasteiger partial charge in [-0.25, -0.2) is 14.8 Å². The van der Waals surface area contributed by atoms with Crippen LogP contribution in [0.3, 0.4) is 0 Å². The molecule has 2 aliphatic rings. The van der Waals surface area contributed by atoms with Gasteiger partial charge in [-0.1, -0.05) is 36.8 Å². The molecule has 2 saturated heterocycles. The smallest absolute Gasteiger partial charge is 0.353 e. The largest absolute Gasteiger partial charge is 0.463 e. The van der Waals surface area contributed by atoms with Crippen LogP contribution in [-0.4, -0.2) is 40.6 Å². The van der Waals surface area contributed by atoms with Crippen molar-refractivity contribution >= 4 is 17.8 Å². The molecule has 0 spiro atoms. The zero-order valence-corrected chi connectivity index (χ0v) is 12.8. The minimum absolute atomic E-state index is 0.219. The lowest BCUT2D eigenvalue weighted by molar-refractivity contribution is -0.149. The Kier molecular flexibility index (Phi) is 3.20. The van der Waals surface area contributed by atoms with Crippen LogP contribution in [0.2, 0.25) is 0 Å². The summed E-state index contributed by atoms with van der Waals surface area (Å²) in [4.78, 5) is 37.3. The molecule has 0 radical (unpaired) electrons. The molecule has 2 aliphatic heterocycles. The topological polar surface area (TPSA) is 66.5 Å². The lowest BCUT2D eigenvalue weighted by atomic mass is 9.76. The summed E-state index contributed by atoms with van der Waals surface area (Å²) < 4.78 is 4.90. The quantitative estimate of drug-likeness (QED) is 0.475. The fraction of sp³-hybridized carbons (Fsp3) is 0.438. The van der Waals surface area contributed by atoms with Crippen molar-refractivity contribution in [1.29, 1.82) is 0 Å². The highest BCUT2D eigenvalue weighted by atomic mass is 16.5. The molecule has 2 fully saturated rings. The van der Waals surface area contributed by atoms with Gasteiger partial charge in [-0.3, -0.25) is 9.59 Å². The summed E-state index contributed by atoms with van der Waals surface area (Å²) in [6, 6.07) is 7.37. The lowest BCUT2D eigenvalue weighted by Crippen LogP contribution is -2.45. The number of rotatable bonds is 4. The molecule has 0 unspecified atom stereocenters. The Morgan fingerprint density at radius 1 is 1.14 bits per heavy atom. The van der Waals surface area contributed by atoms with E-state index in [1.54, 1.807) is 19.1 Å². The second-order valence-corrected chi connectivity index (χ2v) is 5.55. The molecule has 0 saturated carbocycles. The van der Waals surface area contributed by atoms with E-state index < -0.39 is 17.6 Å². The van der Waals surface area contributed by atoms with E-state index in [0.717, 1.165) is 5.56 Å². The number of aryl methyl sites for hydroxylation is 1. The number of fused-ring (bicyclic) bond motifs is 1. The Balaban J connectivity index is 1.94. The van der Waals surface area contributed by atoms with Crippen molar-refractivity contribution in [3.8, 4) is 0 Å². The summed E-state index contributed by atoms with van der Waals surface area (Å²) >= 11 is 0. The zero-order chi connectivity index (χ0) is 16.1. The van der Waals surface area contributed by atoms with Crippen LogP contribution in [-0.2, 0) is 24.5 Å². The summed E-state index contributed by atoms with van der Waals surface area (Å²) in [5, 5.41) is 2.42. The van der Waals surface area contributed by atoms with Gasteiger partial charge in [0.15, 0.2) is 5.41 Å². The molecule has 1 aromatic rings. The van der Waals surface area contributed by atoms with Crippen LogP contribution in [0.4, 0.5) is 0 Å². The number of carbonyl (C=O) groups excluding carboxylic acids is 3.